The number of aromatic nitrogens is 3. The first-order valence-corrected chi connectivity index (χ1v) is 13.6. The van der Waals surface area contributed by atoms with Crippen LogP contribution in [0.25, 0.3) is 11.1 Å². The molecule has 0 bridgehead atoms. The van der Waals surface area contributed by atoms with E-state index in [1.54, 1.807) is 13.3 Å². The monoisotopic (exact) mass is 530 g/mol. The normalized spacial score (nSPS) is 19.0. The molecule has 0 radical (unpaired) electrons. The molecule has 0 aliphatic carbocycles. The van der Waals surface area contributed by atoms with Crippen LogP contribution in [0.3, 0.4) is 0 Å². The van der Waals surface area contributed by atoms with E-state index in [0.717, 1.165) is 34.6 Å². The van der Waals surface area contributed by atoms with Gasteiger partial charge in [-0.05, 0) is 49.1 Å². The van der Waals surface area contributed by atoms with E-state index in [1.165, 1.54) is 0 Å². The zero-order valence-electron chi connectivity index (χ0n) is 22.4. The van der Waals surface area contributed by atoms with Crippen molar-refractivity contribution in [2.45, 2.75) is 38.3 Å². The highest BCUT2D eigenvalue weighted by atomic mass is 16.5. The molecule has 6 rings (SSSR count). The van der Waals surface area contributed by atoms with Gasteiger partial charge in [0.2, 0.25) is 5.91 Å². The number of carbonyl (C=O) groups excluding carboxylic acids is 2. The molecule has 2 aromatic heterocycles. The second kappa shape index (κ2) is 10.3. The van der Waals surface area contributed by atoms with Crippen molar-refractivity contribution >= 4 is 17.8 Å². The van der Waals surface area contributed by atoms with E-state index in [0.29, 0.717) is 58.1 Å². The number of pyridine rings is 1. The Morgan fingerprint density at radius 2 is 2.03 bits per heavy atom. The molecule has 1 spiro atoms. The van der Waals surface area contributed by atoms with E-state index in [1.807, 2.05) is 57.3 Å². The molecule has 0 saturated carbocycles. The smallest absolute Gasteiger partial charge is 0.326 e. The molecule has 10 nitrogen and oxygen atoms in total. The summed E-state index contributed by atoms with van der Waals surface area (Å²) in [6.45, 7) is 5.33. The van der Waals surface area contributed by atoms with Crippen molar-refractivity contribution in [2.75, 3.05) is 44.9 Å². The summed E-state index contributed by atoms with van der Waals surface area (Å²) in [7, 11) is 1.65. The summed E-state index contributed by atoms with van der Waals surface area (Å²) < 4.78 is 10.7. The Balaban J connectivity index is 1.30. The van der Waals surface area contributed by atoms with Crippen molar-refractivity contribution in [2.24, 2.45) is 5.92 Å². The fourth-order valence-corrected chi connectivity index (χ4v) is 5.94. The average Bonchev–Trinajstić information content (AvgIpc) is 3.56. The number of nitrogens with one attached hydrogen (secondary N) is 1. The van der Waals surface area contributed by atoms with Gasteiger partial charge in [-0.1, -0.05) is 19.1 Å². The second-order valence-corrected chi connectivity index (χ2v) is 10.6. The first-order chi connectivity index (χ1) is 19.0. The van der Waals surface area contributed by atoms with Crippen LogP contribution in [-0.2, 0) is 22.5 Å². The minimum atomic E-state index is -0.398. The van der Waals surface area contributed by atoms with Gasteiger partial charge in [0, 0.05) is 37.0 Å². The number of aryl methyl sites for hydroxylation is 1. The average molecular weight is 531 g/mol. The maximum atomic E-state index is 14.1. The van der Waals surface area contributed by atoms with E-state index >= 15 is 0 Å². The molecule has 3 aromatic rings. The Hall–Kier alpha value is -3.92. The fraction of sp³-hybridized carbons (Fsp3) is 0.448. The molecular weight excluding hydrogens is 496 g/mol. The predicted molar refractivity (Wildman–Crippen MR) is 145 cm³/mol. The Bertz CT molecular complexity index is 1350. The summed E-state index contributed by atoms with van der Waals surface area (Å²) in [5, 5.41) is 6.94. The summed E-state index contributed by atoms with van der Waals surface area (Å²) in [5.41, 5.74) is 3.52. The molecule has 3 amide bonds. The number of methoxy groups -OCH3 is 1. The van der Waals surface area contributed by atoms with Crippen molar-refractivity contribution < 1.29 is 19.1 Å². The van der Waals surface area contributed by atoms with Gasteiger partial charge in [0.05, 0.1) is 50.2 Å². The molecule has 0 unspecified atom stereocenters. The second-order valence-electron chi connectivity index (χ2n) is 10.6. The number of aromatic amines is 1. The third-order valence-corrected chi connectivity index (χ3v) is 8.33. The van der Waals surface area contributed by atoms with Crippen LogP contribution < -0.4 is 9.64 Å². The highest BCUT2D eigenvalue weighted by Gasteiger charge is 2.52. The maximum absolute atomic E-state index is 14.1. The summed E-state index contributed by atoms with van der Waals surface area (Å²) >= 11 is 0. The summed E-state index contributed by atoms with van der Waals surface area (Å²) in [4.78, 5) is 37.7. The van der Waals surface area contributed by atoms with Crippen LogP contribution in [0.1, 0.15) is 31.0 Å². The van der Waals surface area contributed by atoms with Crippen molar-refractivity contribution in [1.82, 2.24) is 25.0 Å². The molecule has 0 atom stereocenters. The molecule has 1 aromatic carbocycles. The van der Waals surface area contributed by atoms with Crippen molar-refractivity contribution in [1.29, 1.82) is 0 Å². The van der Waals surface area contributed by atoms with Crippen molar-refractivity contribution in [3.63, 3.8) is 0 Å². The Labute approximate surface area is 227 Å². The zero-order valence-corrected chi connectivity index (χ0v) is 22.4. The summed E-state index contributed by atoms with van der Waals surface area (Å²) in [5.74, 6) is 1.55. The number of urea groups is 1. The van der Waals surface area contributed by atoms with E-state index in [9.17, 15) is 9.59 Å². The van der Waals surface area contributed by atoms with Gasteiger partial charge in [0.15, 0.2) is 0 Å². The molecular formula is C29H34N6O4. The van der Waals surface area contributed by atoms with E-state index in [-0.39, 0.29) is 17.9 Å². The van der Waals surface area contributed by atoms with Gasteiger partial charge in [0.1, 0.15) is 11.6 Å². The molecule has 5 heterocycles. The van der Waals surface area contributed by atoms with Crippen LogP contribution in [-0.4, -0.2) is 82.4 Å². The molecule has 3 fully saturated rings. The van der Waals surface area contributed by atoms with E-state index < -0.39 is 5.54 Å². The lowest BCUT2D eigenvalue weighted by Crippen LogP contribution is -2.57. The van der Waals surface area contributed by atoms with Crippen LogP contribution in [0.5, 0.6) is 5.75 Å². The number of amides is 3. The molecule has 1 N–H and O–H groups in total. The Morgan fingerprint density at radius 1 is 1.21 bits per heavy atom. The zero-order chi connectivity index (χ0) is 27.0. The van der Waals surface area contributed by atoms with Crippen LogP contribution in [0.15, 0.2) is 48.8 Å². The van der Waals surface area contributed by atoms with Gasteiger partial charge in [-0.3, -0.25) is 14.8 Å². The number of benzene rings is 1. The molecule has 39 heavy (non-hydrogen) atoms. The Kier molecular flexibility index (Phi) is 6.72. The molecule has 204 valence electrons. The number of hydrogen-bond acceptors (Lipinski definition) is 6. The minimum absolute atomic E-state index is 0.0287. The fourth-order valence-electron chi connectivity index (χ4n) is 5.94. The van der Waals surface area contributed by atoms with Crippen LogP contribution in [0, 0.1) is 5.92 Å². The van der Waals surface area contributed by atoms with Gasteiger partial charge in [-0.25, -0.2) is 9.78 Å². The number of rotatable bonds is 7. The quantitative estimate of drug-likeness (QED) is 0.502. The third kappa shape index (κ3) is 4.63. The number of piperidine rings is 1. The molecule has 10 heteroatoms. The van der Waals surface area contributed by atoms with Crippen molar-refractivity contribution in [3.05, 3.63) is 60.0 Å². The lowest BCUT2D eigenvalue weighted by atomic mass is 9.85. The summed E-state index contributed by atoms with van der Waals surface area (Å²) in [6, 6.07) is 11.8. The standard InChI is InChI=1S/C29H34N6O4/c1-3-25-24(21-14-30-31-15-21)7-8-26(32-25)34-19-29(9-11-33(12-10-29)27(36)22-17-39-18-22)35(28(34)37)16-20-5-4-6-23(13-20)38-2/h4-8,13-15,22H,3,9-12,16-19H2,1-2H3,(H,30,31). The molecule has 3 aliphatic heterocycles. The first kappa shape index (κ1) is 25.4. The Morgan fingerprint density at radius 3 is 2.69 bits per heavy atom. The largest absolute Gasteiger partial charge is 0.497 e. The van der Waals surface area contributed by atoms with Crippen molar-refractivity contribution in [3.8, 4) is 16.9 Å². The number of H-pyrrole nitrogens is 1. The SMILES string of the molecule is CCc1nc(N2CC3(CCN(C(=O)C4COC4)CC3)N(Cc3cccc(OC)c3)C2=O)ccc1-c1cn[nH]c1. The number of hydrogen-bond donors (Lipinski definition) is 1. The lowest BCUT2D eigenvalue weighted by molar-refractivity contribution is -0.152. The van der Waals surface area contributed by atoms with Gasteiger partial charge >= 0.3 is 6.03 Å². The minimum Gasteiger partial charge on any atom is -0.497 e. The number of likely N-dealkylation sites (tertiary alicyclic amines) is 1. The number of anilines is 1. The highest BCUT2D eigenvalue weighted by molar-refractivity contribution is 5.95. The molecule has 3 saturated heterocycles. The van der Waals surface area contributed by atoms with Gasteiger partial charge in [0.25, 0.3) is 0 Å². The van der Waals surface area contributed by atoms with E-state index in [4.69, 9.17) is 14.5 Å². The predicted octanol–water partition coefficient (Wildman–Crippen LogP) is 3.49. The highest BCUT2D eigenvalue weighted by Crippen LogP contribution is 2.40. The molecule has 3 aliphatic rings. The van der Waals surface area contributed by atoms with Crippen LogP contribution in [0.2, 0.25) is 0 Å². The van der Waals surface area contributed by atoms with Crippen LogP contribution >= 0.6 is 0 Å². The van der Waals surface area contributed by atoms with Gasteiger partial charge in [-0.15, -0.1) is 0 Å². The van der Waals surface area contributed by atoms with Crippen LogP contribution in [0.4, 0.5) is 10.6 Å². The first-order valence-electron chi connectivity index (χ1n) is 13.6. The number of ether oxygens (including phenoxy) is 2. The topological polar surface area (TPSA) is 104 Å². The van der Waals surface area contributed by atoms with Gasteiger partial charge in [-0.2, -0.15) is 5.10 Å². The maximum Gasteiger partial charge on any atom is 0.326 e. The summed E-state index contributed by atoms with van der Waals surface area (Å²) in [6.07, 6.45) is 5.80. The third-order valence-electron chi connectivity index (χ3n) is 8.33. The van der Waals surface area contributed by atoms with E-state index in [2.05, 4.69) is 17.1 Å². The number of nitrogens with zero attached hydrogens (tertiary/aromatic N) is 5. The van der Waals surface area contributed by atoms with Gasteiger partial charge < -0.3 is 19.3 Å². The number of carbonyl (C=O) groups is 2. The lowest BCUT2D eigenvalue weighted by Gasteiger charge is -2.45.